The largest absolute Gasteiger partial charge is 0.422 e. The van der Waals surface area contributed by atoms with Crippen molar-refractivity contribution in [3.63, 3.8) is 0 Å². The number of halogens is 3. The zero-order valence-corrected chi connectivity index (χ0v) is 21.8. The lowest BCUT2D eigenvalue weighted by atomic mass is 10.0. The average molecular weight is 563 g/mol. The Morgan fingerprint density at radius 3 is 2.39 bits per heavy atom. The van der Waals surface area contributed by atoms with Gasteiger partial charge in [0.2, 0.25) is 0 Å². The minimum Gasteiger partial charge on any atom is -0.422 e. The van der Waals surface area contributed by atoms with Crippen LogP contribution < -0.4 is 10.2 Å². The first-order valence-corrected chi connectivity index (χ1v) is 12.5. The summed E-state index contributed by atoms with van der Waals surface area (Å²) < 4.78 is 5.53. The Labute approximate surface area is 232 Å². The molecule has 0 aliphatic carbocycles. The molecular formula is C29H18Cl3N3O3. The molecule has 6 nitrogen and oxygen atoms in total. The quantitative estimate of drug-likeness (QED) is 0.0959. The van der Waals surface area contributed by atoms with Gasteiger partial charge < -0.3 is 9.72 Å². The minimum atomic E-state index is -0.654. The molecule has 0 saturated carbocycles. The first kappa shape index (κ1) is 25.5. The number of rotatable bonds is 6. The van der Waals surface area contributed by atoms with E-state index in [1.165, 1.54) is 18.3 Å². The summed E-state index contributed by atoms with van der Waals surface area (Å²) in [6.07, 6.45) is 1.39. The number of ether oxygens (including phenoxy) is 1. The Kier molecular flexibility index (Phi) is 7.47. The van der Waals surface area contributed by atoms with Crippen LogP contribution in [0, 0.1) is 0 Å². The fraction of sp³-hybridized carbons (Fsp3) is 0. The van der Waals surface area contributed by atoms with Crippen molar-refractivity contribution in [2.45, 2.75) is 0 Å². The summed E-state index contributed by atoms with van der Waals surface area (Å²) in [5.41, 5.74) is 5.68. The van der Waals surface area contributed by atoms with Gasteiger partial charge in [-0.05, 0) is 42.5 Å². The van der Waals surface area contributed by atoms with Gasteiger partial charge in [-0.15, -0.1) is 0 Å². The van der Waals surface area contributed by atoms with E-state index in [1.54, 1.807) is 36.4 Å². The Bertz CT molecular complexity index is 1710. The maximum absolute atomic E-state index is 13.2. The molecule has 1 amide bonds. The second kappa shape index (κ2) is 11.1. The number of amides is 1. The van der Waals surface area contributed by atoms with Crippen LogP contribution in [0.25, 0.3) is 22.0 Å². The molecule has 0 spiro atoms. The molecule has 2 N–H and O–H groups in total. The Balaban J connectivity index is 1.39. The molecule has 188 valence electrons. The van der Waals surface area contributed by atoms with Gasteiger partial charge in [-0.1, -0.05) is 83.3 Å². The Hall–Kier alpha value is -4.10. The number of carbonyl (C=O) groups excluding carboxylic acids is 2. The van der Waals surface area contributed by atoms with Gasteiger partial charge in [-0.3, -0.25) is 4.79 Å². The van der Waals surface area contributed by atoms with Crippen LogP contribution in [0.1, 0.15) is 26.4 Å². The predicted molar refractivity (Wildman–Crippen MR) is 152 cm³/mol. The topological polar surface area (TPSA) is 83.5 Å². The zero-order chi connectivity index (χ0) is 26.6. The van der Waals surface area contributed by atoms with Crippen molar-refractivity contribution in [2.75, 3.05) is 0 Å². The maximum Gasteiger partial charge on any atom is 0.345 e. The third-order valence-electron chi connectivity index (χ3n) is 5.72. The van der Waals surface area contributed by atoms with Crippen LogP contribution in [0.15, 0.2) is 96.1 Å². The van der Waals surface area contributed by atoms with Gasteiger partial charge >= 0.3 is 5.97 Å². The molecule has 0 saturated heterocycles. The Morgan fingerprint density at radius 2 is 1.58 bits per heavy atom. The van der Waals surface area contributed by atoms with Crippen LogP contribution in [0.2, 0.25) is 15.1 Å². The number of nitrogens with zero attached hydrogens (tertiary/aromatic N) is 1. The molecule has 0 unspecified atom stereocenters. The SMILES string of the molecule is O=C(Oc1ccccc1C=NNC(=O)c1[nH]c2ccccc2c1-c1ccccc1Cl)c1ccc(Cl)cc1Cl. The smallest absolute Gasteiger partial charge is 0.345 e. The number of hydrazone groups is 1. The van der Waals surface area contributed by atoms with Gasteiger partial charge in [0.15, 0.2) is 0 Å². The van der Waals surface area contributed by atoms with Crippen LogP contribution >= 0.6 is 34.8 Å². The highest BCUT2D eigenvalue weighted by atomic mass is 35.5. The molecule has 9 heteroatoms. The molecule has 0 fully saturated rings. The molecule has 38 heavy (non-hydrogen) atoms. The van der Waals surface area contributed by atoms with Crippen LogP contribution in [0.4, 0.5) is 0 Å². The lowest BCUT2D eigenvalue weighted by molar-refractivity contribution is 0.0734. The summed E-state index contributed by atoms with van der Waals surface area (Å²) in [7, 11) is 0. The molecule has 0 atom stereocenters. The summed E-state index contributed by atoms with van der Waals surface area (Å²) in [6.45, 7) is 0. The van der Waals surface area contributed by atoms with Gasteiger partial charge in [0.05, 0.1) is 16.8 Å². The summed E-state index contributed by atoms with van der Waals surface area (Å²) in [4.78, 5) is 29.1. The van der Waals surface area contributed by atoms with Crippen molar-refractivity contribution in [2.24, 2.45) is 5.10 Å². The van der Waals surface area contributed by atoms with E-state index in [4.69, 9.17) is 39.5 Å². The number of fused-ring (bicyclic) bond motifs is 1. The molecule has 0 bridgehead atoms. The summed E-state index contributed by atoms with van der Waals surface area (Å²) in [6, 6.07) is 26.2. The monoisotopic (exact) mass is 561 g/mol. The number of para-hydroxylation sites is 2. The van der Waals surface area contributed by atoms with Crippen LogP contribution in [0.5, 0.6) is 5.75 Å². The number of carbonyl (C=O) groups is 2. The summed E-state index contributed by atoms with van der Waals surface area (Å²) in [5.74, 6) is -0.877. The molecule has 0 aliphatic heterocycles. The van der Waals surface area contributed by atoms with Crippen molar-refractivity contribution in [3.05, 3.63) is 123 Å². The molecular weight excluding hydrogens is 545 g/mol. The number of H-pyrrole nitrogens is 1. The van der Waals surface area contributed by atoms with Gasteiger partial charge in [-0.2, -0.15) is 5.10 Å². The number of aromatic nitrogens is 1. The number of benzene rings is 4. The van der Waals surface area contributed by atoms with Gasteiger partial charge in [-0.25, -0.2) is 10.2 Å². The van der Waals surface area contributed by atoms with Crippen molar-refractivity contribution >= 4 is 63.8 Å². The summed E-state index contributed by atoms with van der Waals surface area (Å²) >= 11 is 18.5. The highest BCUT2D eigenvalue weighted by Crippen LogP contribution is 2.36. The fourth-order valence-electron chi connectivity index (χ4n) is 3.96. The number of nitrogens with one attached hydrogen (secondary N) is 2. The summed E-state index contributed by atoms with van der Waals surface area (Å²) in [5, 5.41) is 6.06. The van der Waals surface area contributed by atoms with Gasteiger partial charge in [0, 0.05) is 37.6 Å². The molecule has 4 aromatic carbocycles. The van der Waals surface area contributed by atoms with Crippen molar-refractivity contribution in [1.82, 2.24) is 10.4 Å². The van der Waals surface area contributed by atoms with Gasteiger partial charge in [0.1, 0.15) is 11.4 Å². The van der Waals surface area contributed by atoms with E-state index in [9.17, 15) is 9.59 Å². The molecule has 0 aliphatic rings. The Morgan fingerprint density at radius 1 is 0.842 bits per heavy atom. The van der Waals surface area contributed by atoms with E-state index in [0.29, 0.717) is 26.9 Å². The van der Waals surface area contributed by atoms with Crippen molar-refractivity contribution in [3.8, 4) is 16.9 Å². The van der Waals surface area contributed by atoms with Crippen LogP contribution in [-0.2, 0) is 0 Å². The normalized spacial score (nSPS) is 11.1. The molecule has 1 heterocycles. The lowest BCUT2D eigenvalue weighted by Crippen LogP contribution is -2.19. The van der Waals surface area contributed by atoms with E-state index < -0.39 is 11.9 Å². The average Bonchev–Trinajstić information content (AvgIpc) is 3.29. The standard InChI is InChI=1S/C29H18Cl3N3O3/c30-18-13-14-20(23(32)15-18)29(37)38-25-12-6-1-7-17(25)16-33-35-28(36)27-26(19-8-2-4-10-22(19)31)21-9-3-5-11-24(21)34-27/h1-16,34H,(H,35,36). The molecule has 5 aromatic rings. The van der Waals surface area contributed by atoms with E-state index in [1.807, 2.05) is 42.5 Å². The maximum atomic E-state index is 13.2. The minimum absolute atomic E-state index is 0.169. The molecule has 1 aromatic heterocycles. The first-order chi connectivity index (χ1) is 18.4. The van der Waals surface area contributed by atoms with E-state index in [-0.39, 0.29) is 16.3 Å². The zero-order valence-electron chi connectivity index (χ0n) is 19.5. The van der Waals surface area contributed by atoms with Crippen molar-refractivity contribution in [1.29, 1.82) is 0 Å². The third-order valence-corrected chi connectivity index (χ3v) is 6.60. The number of esters is 1. The first-order valence-electron chi connectivity index (χ1n) is 11.4. The molecule has 5 rings (SSSR count). The van der Waals surface area contributed by atoms with Crippen LogP contribution in [0.3, 0.4) is 0 Å². The number of aromatic amines is 1. The third kappa shape index (κ3) is 5.29. The lowest BCUT2D eigenvalue weighted by Gasteiger charge is -2.09. The van der Waals surface area contributed by atoms with E-state index in [0.717, 1.165) is 16.5 Å². The molecule has 0 radical (unpaired) electrons. The van der Waals surface area contributed by atoms with Gasteiger partial charge in [0.25, 0.3) is 5.91 Å². The predicted octanol–water partition coefficient (Wildman–Crippen LogP) is 7.78. The number of hydrogen-bond acceptors (Lipinski definition) is 4. The fourth-order valence-corrected chi connectivity index (χ4v) is 4.68. The number of hydrogen-bond donors (Lipinski definition) is 2. The van der Waals surface area contributed by atoms with Crippen molar-refractivity contribution < 1.29 is 14.3 Å². The highest BCUT2D eigenvalue weighted by Gasteiger charge is 2.20. The van der Waals surface area contributed by atoms with E-state index in [2.05, 4.69) is 15.5 Å². The van der Waals surface area contributed by atoms with Crippen LogP contribution in [-0.4, -0.2) is 23.1 Å². The second-order valence-corrected chi connectivity index (χ2v) is 9.40. The second-order valence-electron chi connectivity index (χ2n) is 8.15. The van der Waals surface area contributed by atoms with E-state index >= 15 is 0 Å². The highest BCUT2D eigenvalue weighted by molar-refractivity contribution is 6.36.